The lowest BCUT2D eigenvalue weighted by Gasteiger charge is -2.25. The zero-order chi connectivity index (χ0) is 11.7. The summed E-state index contributed by atoms with van der Waals surface area (Å²) in [6.07, 6.45) is 6.15. The highest BCUT2D eigenvalue weighted by Gasteiger charge is 2.16. The van der Waals surface area contributed by atoms with Gasteiger partial charge in [-0.2, -0.15) is 5.06 Å². The molecule has 0 N–H and O–H groups in total. The minimum atomic E-state index is 0.431. The van der Waals surface area contributed by atoms with Crippen molar-refractivity contribution in [3.8, 4) is 0 Å². The molecule has 92 valence electrons. The van der Waals surface area contributed by atoms with Gasteiger partial charge in [0, 0.05) is 13.6 Å². The first-order chi connectivity index (χ1) is 7.02. The van der Waals surface area contributed by atoms with Crippen molar-refractivity contribution in [2.45, 2.75) is 59.8 Å². The van der Waals surface area contributed by atoms with E-state index >= 15 is 0 Å². The number of hydrogen-bond acceptors (Lipinski definition) is 2. The van der Waals surface area contributed by atoms with Crippen LogP contribution >= 0.6 is 0 Å². The van der Waals surface area contributed by atoms with Gasteiger partial charge in [0.15, 0.2) is 0 Å². The topological polar surface area (TPSA) is 12.5 Å². The van der Waals surface area contributed by atoms with Crippen molar-refractivity contribution in [2.75, 3.05) is 20.2 Å². The fraction of sp³-hybridized carbons (Fsp3) is 1.00. The van der Waals surface area contributed by atoms with Crippen molar-refractivity contribution in [2.24, 2.45) is 5.41 Å². The summed E-state index contributed by atoms with van der Waals surface area (Å²) in [4.78, 5) is 5.66. The lowest BCUT2D eigenvalue weighted by Crippen LogP contribution is -2.23. The molecule has 0 aromatic heterocycles. The summed E-state index contributed by atoms with van der Waals surface area (Å²) < 4.78 is 0. The van der Waals surface area contributed by atoms with Gasteiger partial charge in [0.25, 0.3) is 0 Å². The molecule has 0 saturated carbocycles. The van der Waals surface area contributed by atoms with Gasteiger partial charge in [0.05, 0.1) is 6.61 Å². The van der Waals surface area contributed by atoms with Gasteiger partial charge in [-0.25, -0.2) is 0 Å². The standard InChI is InChI=1S/C13H29NO/c1-6-8-11-14(5)15-12-10-13(3,4)9-7-2/h6-12H2,1-5H3. The Morgan fingerprint density at radius 1 is 1.07 bits per heavy atom. The number of hydrogen-bond donors (Lipinski definition) is 0. The fourth-order valence-electron chi connectivity index (χ4n) is 1.72. The van der Waals surface area contributed by atoms with Crippen LogP contribution in [0.4, 0.5) is 0 Å². The van der Waals surface area contributed by atoms with Gasteiger partial charge in [0.1, 0.15) is 0 Å². The first-order valence-corrected chi connectivity index (χ1v) is 6.36. The molecule has 0 bridgehead atoms. The van der Waals surface area contributed by atoms with E-state index in [9.17, 15) is 0 Å². The molecule has 2 nitrogen and oxygen atoms in total. The quantitative estimate of drug-likeness (QED) is 0.541. The van der Waals surface area contributed by atoms with E-state index in [2.05, 4.69) is 27.7 Å². The molecule has 0 spiro atoms. The first-order valence-electron chi connectivity index (χ1n) is 6.36. The average Bonchev–Trinajstić information content (AvgIpc) is 2.14. The molecule has 0 aliphatic rings. The average molecular weight is 215 g/mol. The Morgan fingerprint density at radius 3 is 2.27 bits per heavy atom. The third-order valence-corrected chi connectivity index (χ3v) is 2.84. The molecule has 15 heavy (non-hydrogen) atoms. The predicted octanol–water partition coefficient (Wildman–Crippen LogP) is 3.87. The second-order valence-electron chi connectivity index (χ2n) is 5.20. The molecule has 0 heterocycles. The second kappa shape index (κ2) is 8.12. The van der Waals surface area contributed by atoms with Crippen LogP contribution in [0.2, 0.25) is 0 Å². The minimum Gasteiger partial charge on any atom is -0.299 e. The normalized spacial score (nSPS) is 12.4. The Bertz CT molecular complexity index is 145. The molecule has 0 saturated heterocycles. The zero-order valence-electron chi connectivity index (χ0n) is 11.3. The predicted molar refractivity (Wildman–Crippen MR) is 66.8 cm³/mol. The fourth-order valence-corrected chi connectivity index (χ4v) is 1.72. The van der Waals surface area contributed by atoms with Crippen LogP contribution in [0, 0.1) is 5.41 Å². The number of unbranched alkanes of at least 4 members (excludes halogenated alkanes) is 1. The van der Waals surface area contributed by atoms with Gasteiger partial charge in [-0.15, -0.1) is 0 Å². The highest BCUT2D eigenvalue weighted by molar-refractivity contribution is 4.66. The lowest BCUT2D eigenvalue weighted by atomic mass is 9.85. The lowest BCUT2D eigenvalue weighted by molar-refractivity contribution is -0.146. The Balaban J connectivity index is 3.51. The van der Waals surface area contributed by atoms with Gasteiger partial charge in [-0.3, -0.25) is 4.84 Å². The van der Waals surface area contributed by atoms with Crippen LogP contribution in [-0.4, -0.2) is 25.3 Å². The van der Waals surface area contributed by atoms with Crippen LogP contribution in [0.5, 0.6) is 0 Å². The van der Waals surface area contributed by atoms with Crippen LogP contribution in [0.25, 0.3) is 0 Å². The maximum Gasteiger partial charge on any atom is 0.0690 e. The molecule has 0 aromatic carbocycles. The van der Waals surface area contributed by atoms with E-state index in [4.69, 9.17) is 4.84 Å². The Hall–Kier alpha value is -0.0800. The second-order valence-corrected chi connectivity index (χ2v) is 5.20. The summed E-state index contributed by atoms with van der Waals surface area (Å²) in [5.41, 5.74) is 0.431. The van der Waals surface area contributed by atoms with Crippen LogP contribution < -0.4 is 0 Å². The van der Waals surface area contributed by atoms with E-state index in [1.165, 1.54) is 25.7 Å². The number of rotatable bonds is 9. The van der Waals surface area contributed by atoms with E-state index in [0.717, 1.165) is 19.6 Å². The zero-order valence-corrected chi connectivity index (χ0v) is 11.3. The highest BCUT2D eigenvalue weighted by Crippen LogP contribution is 2.26. The molecule has 0 amide bonds. The van der Waals surface area contributed by atoms with Crippen molar-refractivity contribution in [1.29, 1.82) is 0 Å². The van der Waals surface area contributed by atoms with Gasteiger partial charge >= 0.3 is 0 Å². The monoisotopic (exact) mass is 215 g/mol. The SMILES string of the molecule is CCCCN(C)OCCC(C)(C)CCC. The van der Waals surface area contributed by atoms with E-state index in [0.29, 0.717) is 5.41 Å². The summed E-state index contributed by atoms with van der Waals surface area (Å²) in [6.45, 7) is 11.0. The first kappa shape index (κ1) is 14.9. The van der Waals surface area contributed by atoms with E-state index in [1.54, 1.807) is 0 Å². The minimum absolute atomic E-state index is 0.431. The Labute approximate surface area is 95.9 Å². The van der Waals surface area contributed by atoms with Gasteiger partial charge in [-0.1, -0.05) is 40.5 Å². The summed E-state index contributed by atoms with van der Waals surface area (Å²) in [6, 6.07) is 0. The van der Waals surface area contributed by atoms with Crippen LogP contribution in [0.15, 0.2) is 0 Å². The molecule has 0 aromatic rings. The summed E-state index contributed by atoms with van der Waals surface area (Å²) in [5.74, 6) is 0. The summed E-state index contributed by atoms with van der Waals surface area (Å²) in [5, 5.41) is 1.98. The van der Waals surface area contributed by atoms with E-state index in [-0.39, 0.29) is 0 Å². The van der Waals surface area contributed by atoms with Crippen molar-refractivity contribution in [1.82, 2.24) is 5.06 Å². The number of nitrogens with zero attached hydrogens (tertiary/aromatic N) is 1. The Morgan fingerprint density at radius 2 is 1.73 bits per heavy atom. The maximum atomic E-state index is 5.66. The van der Waals surface area contributed by atoms with Crippen molar-refractivity contribution < 1.29 is 4.84 Å². The van der Waals surface area contributed by atoms with Crippen LogP contribution in [-0.2, 0) is 4.84 Å². The molecular formula is C13H29NO. The van der Waals surface area contributed by atoms with Crippen LogP contribution in [0.1, 0.15) is 59.8 Å². The molecule has 0 atom stereocenters. The van der Waals surface area contributed by atoms with Crippen molar-refractivity contribution in [3.63, 3.8) is 0 Å². The van der Waals surface area contributed by atoms with Crippen molar-refractivity contribution >= 4 is 0 Å². The maximum absolute atomic E-state index is 5.66. The molecule has 0 aliphatic heterocycles. The molecule has 0 unspecified atom stereocenters. The van der Waals surface area contributed by atoms with E-state index < -0.39 is 0 Å². The molecule has 0 radical (unpaired) electrons. The molecular weight excluding hydrogens is 186 g/mol. The van der Waals surface area contributed by atoms with Gasteiger partial charge in [-0.05, 0) is 24.7 Å². The summed E-state index contributed by atoms with van der Waals surface area (Å²) in [7, 11) is 2.03. The van der Waals surface area contributed by atoms with Crippen molar-refractivity contribution in [3.05, 3.63) is 0 Å². The molecule has 2 heteroatoms. The molecule has 0 fully saturated rings. The Kier molecular flexibility index (Phi) is 8.07. The third-order valence-electron chi connectivity index (χ3n) is 2.84. The van der Waals surface area contributed by atoms with Gasteiger partial charge < -0.3 is 0 Å². The third kappa shape index (κ3) is 8.88. The molecule has 0 rings (SSSR count). The van der Waals surface area contributed by atoms with Gasteiger partial charge in [0.2, 0.25) is 0 Å². The largest absolute Gasteiger partial charge is 0.299 e. The smallest absolute Gasteiger partial charge is 0.0690 e. The number of hydroxylamine groups is 2. The molecule has 0 aliphatic carbocycles. The van der Waals surface area contributed by atoms with E-state index in [1.807, 2.05) is 12.1 Å². The van der Waals surface area contributed by atoms with Crippen LogP contribution in [0.3, 0.4) is 0 Å². The summed E-state index contributed by atoms with van der Waals surface area (Å²) >= 11 is 0. The highest BCUT2D eigenvalue weighted by atomic mass is 16.7.